The van der Waals surface area contributed by atoms with E-state index in [1.165, 1.54) is 12.3 Å². The van der Waals surface area contributed by atoms with E-state index in [2.05, 4.69) is 15.8 Å². The molecule has 2 aliphatic heterocycles. The van der Waals surface area contributed by atoms with Crippen LogP contribution >= 0.6 is 0 Å². The summed E-state index contributed by atoms with van der Waals surface area (Å²) in [6.07, 6.45) is 4.18. The van der Waals surface area contributed by atoms with Gasteiger partial charge in [0.15, 0.2) is 0 Å². The number of rotatable bonds is 10. The van der Waals surface area contributed by atoms with Gasteiger partial charge < -0.3 is 29.7 Å². The van der Waals surface area contributed by atoms with Gasteiger partial charge in [-0.1, -0.05) is 42.4 Å². The fraction of sp³-hybridized carbons (Fsp3) is 0.519. The Balaban J connectivity index is 1.24. The number of hydrogen-bond donors (Lipinski definition) is 2. The fourth-order valence-corrected chi connectivity index (χ4v) is 5.12. The summed E-state index contributed by atoms with van der Waals surface area (Å²) in [5.41, 5.74) is -0.0398. The summed E-state index contributed by atoms with van der Waals surface area (Å²) in [5, 5.41) is 9.26. The van der Waals surface area contributed by atoms with Crippen molar-refractivity contribution >= 4 is 23.8 Å². The van der Waals surface area contributed by atoms with Crippen LogP contribution in [0.5, 0.6) is 0 Å². The number of unbranched alkanes of at least 4 members (excludes halogenated alkanes) is 1. The highest BCUT2D eigenvalue weighted by Gasteiger charge is 2.53. The smallest absolute Gasteiger partial charge is 0.407 e. The number of nitrogens with one attached hydrogen (secondary N) is 2. The molecule has 4 amide bonds. The molecule has 1 spiro atoms. The van der Waals surface area contributed by atoms with Crippen molar-refractivity contribution in [3.63, 3.8) is 0 Å². The third-order valence-electron chi connectivity index (χ3n) is 7.18. The van der Waals surface area contributed by atoms with Crippen LogP contribution in [0.3, 0.4) is 0 Å². The monoisotopic (exact) mass is 525 g/mol. The molecule has 38 heavy (non-hydrogen) atoms. The molecule has 204 valence electrons. The SMILES string of the molecule is CCCN1C(=O)[C@H](CCCCNC(=O)OCc2ccccc2)NC(=O)C12CCN(C(=O)c1ccno1)CC2. The first-order chi connectivity index (χ1) is 18.4. The van der Waals surface area contributed by atoms with Crippen molar-refractivity contribution in [3.05, 3.63) is 53.9 Å². The van der Waals surface area contributed by atoms with Crippen molar-refractivity contribution in [1.82, 2.24) is 25.6 Å². The zero-order valence-corrected chi connectivity index (χ0v) is 21.7. The number of aromatic nitrogens is 1. The average molecular weight is 526 g/mol. The zero-order valence-electron chi connectivity index (χ0n) is 21.7. The van der Waals surface area contributed by atoms with E-state index in [-0.39, 0.29) is 30.1 Å². The minimum absolute atomic E-state index is 0.0864. The van der Waals surface area contributed by atoms with Crippen LogP contribution in [0.1, 0.15) is 61.6 Å². The molecule has 1 atom stereocenters. The number of ether oxygens (including phenoxy) is 1. The fourth-order valence-electron chi connectivity index (χ4n) is 5.12. The van der Waals surface area contributed by atoms with Gasteiger partial charge in [0.05, 0.1) is 6.20 Å². The van der Waals surface area contributed by atoms with E-state index in [0.29, 0.717) is 58.3 Å². The van der Waals surface area contributed by atoms with E-state index in [0.717, 1.165) is 12.0 Å². The van der Waals surface area contributed by atoms with Crippen LogP contribution in [-0.4, -0.2) is 76.5 Å². The molecule has 0 bridgehead atoms. The number of likely N-dealkylation sites (tertiary alicyclic amines) is 1. The third kappa shape index (κ3) is 6.15. The van der Waals surface area contributed by atoms with Crippen LogP contribution in [0.2, 0.25) is 0 Å². The lowest BCUT2D eigenvalue weighted by Crippen LogP contribution is -2.73. The molecule has 2 fully saturated rings. The van der Waals surface area contributed by atoms with Gasteiger partial charge in [-0.3, -0.25) is 14.4 Å². The van der Waals surface area contributed by atoms with Gasteiger partial charge in [-0.2, -0.15) is 0 Å². The number of amides is 4. The van der Waals surface area contributed by atoms with Crippen molar-refractivity contribution in [1.29, 1.82) is 0 Å². The van der Waals surface area contributed by atoms with E-state index in [1.54, 1.807) is 9.80 Å². The number of piperidine rings is 1. The topological polar surface area (TPSA) is 134 Å². The van der Waals surface area contributed by atoms with Crippen LogP contribution in [-0.2, 0) is 20.9 Å². The summed E-state index contributed by atoms with van der Waals surface area (Å²) in [4.78, 5) is 54.7. The lowest BCUT2D eigenvalue weighted by molar-refractivity contribution is -0.161. The summed E-state index contributed by atoms with van der Waals surface area (Å²) >= 11 is 0. The highest BCUT2D eigenvalue weighted by atomic mass is 16.5. The maximum atomic E-state index is 13.4. The number of hydrogen-bond acceptors (Lipinski definition) is 7. The molecule has 0 aliphatic carbocycles. The second-order valence-corrected chi connectivity index (χ2v) is 9.70. The molecule has 4 rings (SSSR count). The number of alkyl carbamates (subject to hydrolysis) is 1. The van der Waals surface area contributed by atoms with Crippen molar-refractivity contribution in [3.8, 4) is 0 Å². The van der Waals surface area contributed by atoms with Crippen LogP contribution in [0, 0.1) is 0 Å². The molecule has 2 aliphatic rings. The Morgan fingerprint density at radius 3 is 2.61 bits per heavy atom. The van der Waals surface area contributed by atoms with Gasteiger partial charge in [-0.25, -0.2) is 4.79 Å². The number of piperazine rings is 1. The molecule has 1 aromatic heterocycles. The minimum atomic E-state index is -0.953. The van der Waals surface area contributed by atoms with Crippen LogP contribution in [0.15, 0.2) is 47.1 Å². The molecule has 0 radical (unpaired) electrons. The van der Waals surface area contributed by atoms with E-state index in [4.69, 9.17) is 9.26 Å². The summed E-state index contributed by atoms with van der Waals surface area (Å²) < 4.78 is 10.2. The molecule has 2 N–H and O–H groups in total. The van der Waals surface area contributed by atoms with E-state index >= 15 is 0 Å². The Hall–Kier alpha value is -3.89. The van der Waals surface area contributed by atoms with Crippen LogP contribution in [0.4, 0.5) is 4.79 Å². The van der Waals surface area contributed by atoms with Crippen molar-refractivity contribution < 1.29 is 28.4 Å². The van der Waals surface area contributed by atoms with E-state index in [1.807, 2.05) is 37.3 Å². The third-order valence-corrected chi connectivity index (χ3v) is 7.18. The summed E-state index contributed by atoms with van der Waals surface area (Å²) in [6.45, 7) is 3.77. The highest BCUT2D eigenvalue weighted by molar-refractivity contribution is 6.00. The maximum Gasteiger partial charge on any atom is 0.407 e. The van der Waals surface area contributed by atoms with Gasteiger partial charge in [0, 0.05) is 32.2 Å². The molecule has 0 saturated carbocycles. The number of benzene rings is 1. The highest BCUT2D eigenvalue weighted by Crippen LogP contribution is 2.34. The second-order valence-electron chi connectivity index (χ2n) is 9.70. The van der Waals surface area contributed by atoms with Gasteiger partial charge in [-0.15, -0.1) is 0 Å². The maximum absolute atomic E-state index is 13.4. The summed E-state index contributed by atoms with van der Waals surface area (Å²) in [6, 6.07) is 10.4. The van der Waals surface area contributed by atoms with Gasteiger partial charge in [0.25, 0.3) is 5.91 Å². The van der Waals surface area contributed by atoms with Crippen molar-refractivity contribution in [2.24, 2.45) is 0 Å². The number of carbonyl (C=O) groups excluding carboxylic acids is 4. The lowest BCUT2D eigenvalue weighted by atomic mass is 9.81. The summed E-state index contributed by atoms with van der Waals surface area (Å²) in [7, 11) is 0. The summed E-state index contributed by atoms with van der Waals surface area (Å²) in [5.74, 6) is -0.353. The Bertz CT molecular complexity index is 1100. The Kier molecular flexibility index (Phi) is 8.98. The normalized spacial score (nSPS) is 18.8. The van der Waals surface area contributed by atoms with Gasteiger partial charge in [-0.05, 0) is 44.1 Å². The van der Waals surface area contributed by atoms with Gasteiger partial charge in [0.1, 0.15) is 18.2 Å². The van der Waals surface area contributed by atoms with Gasteiger partial charge >= 0.3 is 6.09 Å². The van der Waals surface area contributed by atoms with E-state index in [9.17, 15) is 19.2 Å². The van der Waals surface area contributed by atoms with Gasteiger partial charge in [0.2, 0.25) is 17.6 Å². The first kappa shape index (κ1) is 27.2. The van der Waals surface area contributed by atoms with Crippen LogP contribution in [0.25, 0.3) is 0 Å². The molecule has 2 saturated heterocycles. The molecule has 0 unspecified atom stereocenters. The Morgan fingerprint density at radius 1 is 1.16 bits per heavy atom. The zero-order chi connectivity index (χ0) is 27.0. The predicted octanol–water partition coefficient (Wildman–Crippen LogP) is 2.48. The van der Waals surface area contributed by atoms with Crippen LogP contribution < -0.4 is 10.6 Å². The quantitative estimate of drug-likeness (QED) is 0.455. The molecular weight excluding hydrogens is 490 g/mol. The number of carbonyl (C=O) groups is 4. The largest absolute Gasteiger partial charge is 0.445 e. The molecule has 3 heterocycles. The first-order valence-corrected chi connectivity index (χ1v) is 13.2. The average Bonchev–Trinajstić information content (AvgIpc) is 3.48. The Morgan fingerprint density at radius 2 is 1.92 bits per heavy atom. The molecule has 1 aromatic carbocycles. The predicted molar refractivity (Wildman–Crippen MR) is 137 cm³/mol. The number of nitrogens with zero attached hydrogens (tertiary/aromatic N) is 3. The van der Waals surface area contributed by atoms with Crippen molar-refractivity contribution in [2.75, 3.05) is 26.2 Å². The standard InChI is InChI=1S/C27H35N5O6/c1-2-16-32-23(33)21(10-6-7-14-28-26(36)37-19-20-8-4-3-5-9-20)30-25(35)27(32)12-17-31(18-13-27)24(34)22-11-15-29-38-22/h3-5,8-9,11,15,21H,2,6-7,10,12-14,16-19H2,1H3,(H,28,36)(H,30,35)/t21-/m0/s1. The van der Waals surface area contributed by atoms with E-state index < -0.39 is 17.7 Å². The lowest BCUT2D eigenvalue weighted by Gasteiger charge is -2.51. The molecule has 11 heteroatoms. The second kappa shape index (κ2) is 12.6. The molecule has 2 aromatic rings. The first-order valence-electron chi connectivity index (χ1n) is 13.2. The molecular formula is C27H35N5O6. The Labute approximate surface area is 221 Å². The minimum Gasteiger partial charge on any atom is -0.445 e. The molecule has 11 nitrogen and oxygen atoms in total. The van der Waals surface area contributed by atoms with Crippen molar-refractivity contribution in [2.45, 2.75) is 63.6 Å².